The molecule has 3 heterocycles. The van der Waals surface area contributed by atoms with Gasteiger partial charge in [-0.15, -0.1) is 0 Å². The Labute approximate surface area is 162 Å². The van der Waals surface area contributed by atoms with Gasteiger partial charge in [0.1, 0.15) is 7.05 Å². The molecule has 0 spiro atoms. The van der Waals surface area contributed by atoms with Gasteiger partial charge < -0.3 is 4.42 Å². The number of pyridine rings is 2. The van der Waals surface area contributed by atoms with E-state index < -0.39 is 26.4 Å². The van der Waals surface area contributed by atoms with Crippen LogP contribution >= 0.6 is 0 Å². The zero-order chi connectivity index (χ0) is 26.1. The van der Waals surface area contributed by atoms with E-state index in [2.05, 4.69) is 4.98 Å². The zero-order valence-electron chi connectivity index (χ0n) is 23.8. The van der Waals surface area contributed by atoms with E-state index in [4.69, 9.17) is 18.1 Å². The van der Waals surface area contributed by atoms with Crippen molar-refractivity contribution in [3.63, 3.8) is 0 Å². The van der Waals surface area contributed by atoms with Crippen LogP contribution in [-0.2, 0) is 7.05 Å². The Bertz CT molecular complexity index is 1430. The molecule has 0 radical (unpaired) electrons. The maximum atomic E-state index is 8.56. The summed E-state index contributed by atoms with van der Waals surface area (Å²) in [6.45, 7) is -6.83. The smallest absolute Gasteiger partial charge is 0.227 e. The summed E-state index contributed by atoms with van der Waals surface area (Å²) in [5, 5.41) is 1.27. The van der Waals surface area contributed by atoms with Crippen LogP contribution < -0.4 is 4.57 Å². The Morgan fingerprint density at radius 2 is 2.00 bits per heavy atom. The predicted molar refractivity (Wildman–Crippen MR) is 102 cm³/mol. The summed E-state index contributed by atoms with van der Waals surface area (Å²) >= 11 is 0. The maximum absolute atomic E-state index is 8.56. The lowest BCUT2D eigenvalue weighted by molar-refractivity contribution is -0.660. The summed E-state index contributed by atoms with van der Waals surface area (Å²) in [4.78, 5) is 4.18. The molecular weight excluding hydrogens is 308 g/mol. The molecule has 3 nitrogen and oxygen atoms in total. The highest BCUT2D eigenvalue weighted by molar-refractivity contribution is 6.08. The van der Waals surface area contributed by atoms with Gasteiger partial charge >= 0.3 is 0 Å². The summed E-state index contributed by atoms with van der Waals surface area (Å²) < 4.78 is 86.1. The average Bonchev–Trinajstić information content (AvgIpc) is 3.09. The van der Waals surface area contributed by atoms with E-state index in [1.54, 1.807) is 17.7 Å². The van der Waals surface area contributed by atoms with Crippen molar-refractivity contribution in [2.45, 2.75) is 33.4 Å². The number of aromatic nitrogens is 2. The molecular formula is C22H23N2O+. The third kappa shape index (κ3) is 2.51. The summed E-state index contributed by atoms with van der Waals surface area (Å²) in [6, 6.07) is 9.42. The summed E-state index contributed by atoms with van der Waals surface area (Å²) in [5.74, 6) is -2.85. The number of aryl methyl sites for hydroxylation is 3. The van der Waals surface area contributed by atoms with Crippen molar-refractivity contribution in [3.8, 4) is 11.3 Å². The van der Waals surface area contributed by atoms with Crippen LogP contribution in [0.5, 0.6) is 0 Å². The molecule has 0 bridgehead atoms. The van der Waals surface area contributed by atoms with Crippen molar-refractivity contribution < 1.29 is 22.7 Å². The molecule has 3 heteroatoms. The van der Waals surface area contributed by atoms with Gasteiger partial charge in [-0.1, -0.05) is 25.8 Å². The van der Waals surface area contributed by atoms with E-state index in [-0.39, 0.29) is 17.0 Å². The lowest BCUT2D eigenvalue weighted by Gasteiger charge is -2.09. The normalized spacial score (nSPS) is 19.6. The van der Waals surface area contributed by atoms with E-state index >= 15 is 0 Å². The molecule has 4 aromatic rings. The van der Waals surface area contributed by atoms with E-state index in [1.807, 2.05) is 19.1 Å². The van der Waals surface area contributed by atoms with Gasteiger partial charge in [0.15, 0.2) is 11.8 Å². The highest BCUT2D eigenvalue weighted by Gasteiger charge is 2.21. The van der Waals surface area contributed by atoms with Crippen LogP contribution in [0.15, 0.2) is 47.0 Å². The fraction of sp³-hybridized carbons (Fsp3) is 0.273. The molecule has 0 N–H and O–H groups in total. The molecule has 0 unspecified atom stereocenters. The third-order valence-corrected chi connectivity index (χ3v) is 4.41. The minimum absolute atomic E-state index is 0.107. The lowest BCUT2D eigenvalue weighted by Crippen LogP contribution is -2.31. The molecule has 0 aliphatic heterocycles. The van der Waals surface area contributed by atoms with E-state index in [1.165, 1.54) is 24.4 Å². The molecule has 3 aromatic heterocycles. The lowest BCUT2D eigenvalue weighted by atomic mass is 9.97. The first-order valence-electron chi connectivity index (χ1n) is 12.8. The van der Waals surface area contributed by atoms with Crippen LogP contribution in [0.1, 0.15) is 50.1 Å². The molecule has 0 saturated heterocycles. The van der Waals surface area contributed by atoms with Gasteiger partial charge in [-0.05, 0) is 42.9 Å². The largest absolute Gasteiger partial charge is 0.437 e. The molecule has 0 aliphatic carbocycles. The first kappa shape index (κ1) is 8.13. The van der Waals surface area contributed by atoms with Gasteiger partial charge in [0.05, 0.1) is 5.56 Å². The molecule has 0 aliphatic rings. The Morgan fingerprint density at radius 1 is 1.16 bits per heavy atom. The van der Waals surface area contributed by atoms with Gasteiger partial charge in [0.2, 0.25) is 11.4 Å². The van der Waals surface area contributed by atoms with Crippen molar-refractivity contribution >= 4 is 22.1 Å². The highest BCUT2D eigenvalue weighted by Crippen LogP contribution is 2.36. The van der Waals surface area contributed by atoms with Crippen LogP contribution in [0, 0.1) is 13.8 Å². The SMILES string of the molecule is [2H]C([2H])([2H])c1ccc2c(n1)oc1c(-c3cc(C([2H])(C([2H])([2H])[2H])C([2H])([2H])[2H])cc[n+]3C)c(C)ccc12. The third-order valence-electron chi connectivity index (χ3n) is 4.41. The Hall–Kier alpha value is -2.68. The number of hydrogen-bond donors (Lipinski definition) is 0. The standard InChI is InChI=1S/C22H23N2O/c1-13(2)16-10-11-24(5)19(12-16)20-14(3)6-8-17-18-9-7-15(4)23-22(18)25-21(17)20/h6-13H,1-5H3/q+1/i1D3,2D3,4D3,13D. The Kier molecular flexibility index (Phi) is 1.85. The van der Waals surface area contributed by atoms with Crippen LogP contribution in [-0.4, -0.2) is 4.98 Å². The monoisotopic (exact) mass is 341 g/mol. The summed E-state index contributed by atoms with van der Waals surface area (Å²) in [6.07, 6.45) is 1.51. The van der Waals surface area contributed by atoms with Crippen molar-refractivity contribution in [2.75, 3.05) is 0 Å². The van der Waals surface area contributed by atoms with Crippen LogP contribution in [0.2, 0.25) is 0 Å². The van der Waals surface area contributed by atoms with Crippen LogP contribution in [0.25, 0.3) is 33.3 Å². The van der Waals surface area contributed by atoms with Crippen molar-refractivity contribution in [1.82, 2.24) is 4.98 Å². The number of furan rings is 1. The fourth-order valence-electron chi connectivity index (χ4n) is 3.11. The second-order valence-corrected chi connectivity index (χ2v) is 6.07. The van der Waals surface area contributed by atoms with Gasteiger partial charge in [-0.2, -0.15) is 0 Å². The molecule has 0 saturated carbocycles. The van der Waals surface area contributed by atoms with Crippen molar-refractivity contribution in [1.29, 1.82) is 0 Å². The molecule has 4 rings (SSSR count). The van der Waals surface area contributed by atoms with E-state index in [0.29, 0.717) is 27.6 Å². The number of fused-ring (bicyclic) bond motifs is 3. The number of hydrogen-bond acceptors (Lipinski definition) is 2. The van der Waals surface area contributed by atoms with Gasteiger partial charge in [0, 0.05) is 42.3 Å². The average molecular weight is 342 g/mol. The summed E-state index contributed by atoms with van der Waals surface area (Å²) in [7, 11) is 1.71. The van der Waals surface area contributed by atoms with Crippen molar-refractivity contribution in [3.05, 3.63) is 59.4 Å². The van der Waals surface area contributed by atoms with Crippen molar-refractivity contribution in [2.24, 2.45) is 7.05 Å². The van der Waals surface area contributed by atoms with Gasteiger partial charge in [0.25, 0.3) is 0 Å². The number of rotatable bonds is 2. The topological polar surface area (TPSA) is 29.9 Å². The predicted octanol–water partition coefficient (Wildman–Crippen LogP) is 5.21. The van der Waals surface area contributed by atoms with Crippen LogP contribution in [0.4, 0.5) is 0 Å². The second kappa shape index (κ2) is 5.69. The molecule has 25 heavy (non-hydrogen) atoms. The maximum Gasteiger partial charge on any atom is 0.227 e. The molecule has 0 amide bonds. The molecule has 1 aromatic carbocycles. The van der Waals surface area contributed by atoms with Gasteiger partial charge in [-0.3, -0.25) is 0 Å². The van der Waals surface area contributed by atoms with E-state index in [0.717, 1.165) is 5.56 Å². The minimum Gasteiger partial charge on any atom is -0.437 e. The summed E-state index contributed by atoms with van der Waals surface area (Å²) in [5.41, 5.74) is 1.98. The van der Waals surface area contributed by atoms with Gasteiger partial charge in [-0.25, -0.2) is 9.55 Å². The van der Waals surface area contributed by atoms with Crippen LogP contribution in [0.3, 0.4) is 0 Å². The second-order valence-electron chi connectivity index (χ2n) is 6.07. The Balaban J connectivity index is 2.03. The first-order chi connectivity index (χ1) is 16.0. The quantitative estimate of drug-likeness (QED) is 0.468. The Morgan fingerprint density at radius 3 is 2.80 bits per heavy atom. The minimum atomic E-state index is -3.12. The molecule has 126 valence electrons. The van der Waals surface area contributed by atoms with E-state index in [9.17, 15) is 0 Å². The molecule has 0 fully saturated rings. The molecule has 0 atom stereocenters. The fourth-order valence-corrected chi connectivity index (χ4v) is 3.11. The number of nitrogens with zero attached hydrogens (tertiary/aromatic N) is 2. The zero-order valence-corrected chi connectivity index (χ0v) is 13.8. The first-order valence-corrected chi connectivity index (χ1v) is 7.81. The number of benzene rings is 1. The highest BCUT2D eigenvalue weighted by atomic mass is 16.3.